The number of carbonyl (C=O) groups excluding carboxylic acids is 1. The smallest absolute Gasteiger partial charge is 0.266 e. The average Bonchev–Trinajstić information content (AvgIpc) is 2.76. The number of nitrogens with one attached hydrogen (secondary N) is 1. The van der Waals surface area contributed by atoms with Gasteiger partial charge in [-0.15, -0.1) is 0 Å². The minimum Gasteiger partial charge on any atom is -0.495 e. The molecule has 0 spiro atoms. The molecule has 0 saturated carbocycles. The fourth-order valence-corrected chi connectivity index (χ4v) is 3.22. The summed E-state index contributed by atoms with van der Waals surface area (Å²) in [5.41, 5.74) is 2.28. The summed E-state index contributed by atoms with van der Waals surface area (Å²) in [4.78, 5) is 12.8. The second kappa shape index (κ2) is 9.82. The van der Waals surface area contributed by atoms with E-state index in [0.29, 0.717) is 24.0 Å². The van der Waals surface area contributed by atoms with Gasteiger partial charge in [0.05, 0.1) is 19.4 Å². The molecule has 3 aromatic carbocycles. The quantitative estimate of drug-likeness (QED) is 0.395. The Morgan fingerprint density at radius 2 is 1.81 bits per heavy atom. The van der Waals surface area contributed by atoms with Crippen molar-refractivity contribution in [3.8, 4) is 17.6 Å². The van der Waals surface area contributed by atoms with E-state index in [1.807, 2.05) is 61.5 Å². The first-order chi connectivity index (χ1) is 14.9. The molecule has 0 aromatic heterocycles. The second-order valence-corrected chi connectivity index (χ2v) is 7.73. The number of rotatable bonds is 7. The molecule has 1 N–H and O–H groups in total. The largest absolute Gasteiger partial charge is 0.495 e. The van der Waals surface area contributed by atoms with Crippen LogP contribution >= 0.6 is 0 Å². The Balaban J connectivity index is 1.96. The lowest BCUT2D eigenvalue weighted by molar-refractivity contribution is -0.112. The van der Waals surface area contributed by atoms with Gasteiger partial charge in [-0.05, 0) is 53.6 Å². The van der Waals surface area contributed by atoms with Crippen LogP contribution in [0, 0.1) is 24.2 Å². The van der Waals surface area contributed by atoms with Crippen molar-refractivity contribution in [3.63, 3.8) is 0 Å². The molecule has 0 fully saturated rings. The third-order valence-corrected chi connectivity index (χ3v) is 4.76. The minimum atomic E-state index is -0.490. The highest BCUT2D eigenvalue weighted by Gasteiger charge is 2.14. The van der Waals surface area contributed by atoms with Gasteiger partial charge in [0.1, 0.15) is 23.1 Å². The minimum absolute atomic E-state index is 0.00422. The summed E-state index contributed by atoms with van der Waals surface area (Å²) in [5, 5.41) is 14.3. The number of fused-ring (bicyclic) bond motifs is 1. The number of hydrogen-bond acceptors (Lipinski definition) is 4. The van der Waals surface area contributed by atoms with Gasteiger partial charge in [0.15, 0.2) is 0 Å². The van der Waals surface area contributed by atoms with Crippen LogP contribution in [0.3, 0.4) is 0 Å². The lowest BCUT2D eigenvalue weighted by Gasteiger charge is -2.13. The fourth-order valence-electron chi connectivity index (χ4n) is 3.22. The Bertz CT molecular complexity index is 1170. The molecule has 1 amide bonds. The molecule has 0 aliphatic rings. The normalized spacial score (nSPS) is 11.3. The number of nitrogens with zero attached hydrogens (tertiary/aromatic N) is 1. The number of aryl methyl sites for hydroxylation is 1. The molecule has 5 nitrogen and oxygen atoms in total. The van der Waals surface area contributed by atoms with E-state index in [0.717, 1.165) is 27.6 Å². The standard InChI is InChI=1S/C26H26N2O3/c1-17(2)16-31-24-12-10-19(21-7-5-6-8-22(21)24)14-20(15-27)26(29)28-23-13-18(3)9-11-25(23)30-4/h5-14,17H,16H2,1-4H3,(H,28,29)/b20-14+. The topological polar surface area (TPSA) is 71.3 Å². The summed E-state index contributed by atoms with van der Waals surface area (Å²) in [5.74, 6) is 1.24. The van der Waals surface area contributed by atoms with Gasteiger partial charge in [0.25, 0.3) is 5.91 Å². The van der Waals surface area contributed by atoms with Crippen molar-refractivity contribution in [1.29, 1.82) is 5.26 Å². The molecule has 5 heteroatoms. The first-order valence-electron chi connectivity index (χ1n) is 10.1. The van der Waals surface area contributed by atoms with Gasteiger partial charge >= 0.3 is 0 Å². The Hall–Kier alpha value is -3.78. The van der Waals surface area contributed by atoms with Crippen LogP contribution in [0.1, 0.15) is 25.0 Å². The number of amides is 1. The summed E-state index contributed by atoms with van der Waals surface area (Å²) in [6.07, 6.45) is 1.60. The molecule has 0 bridgehead atoms. The van der Waals surface area contributed by atoms with Gasteiger partial charge in [0, 0.05) is 5.39 Å². The Kier molecular flexibility index (Phi) is 6.94. The fraction of sp³-hybridized carbons (Fsp3) is 0.231. The molecule has 0 aliphatic heterocycles. The first kappa shape index (κ1) is 21.9. The van der Waals surface area contributed by atoms with Crippen molar-refractivity contribution in [2.75, 3.05) is 19.0 Å². The molecular formula is C26H26N2O3. The van der Waals surface area contributed by atoms with Gasteiger partial charge < -0.3 is 14.8 Å². The summed E-state index contributed by atoms with van der Waals surface area (Å²) >= 11 is 0. The number of hydrogen-bond donors (Lipinski definition) is 1. The van der Waals surface area contributed by atoms with Crippen LogP contribution in [0.5, 0.6) is 11.5 Å². The summed E-state index contributed by atoms with van der Waals surface area (Å²) < 4.78 is 11.3. The molecule has 3 aromatic rings. The molecule has 0 radical (unpaired) electrons. The second-order valence-electron chi connectivity index (χ2n) is 7.73. The van der Waals surface area contributed by atoms with Crippen LogP contribution in [0.15, 0.2) is 60.2 Å². The number of benzene rings is 3. The van der Waals surface area contributed by atoms with E-state index in [2.05, 4.69) is 19.2 Å². The Morgan fingerprint density at radius 3 is 2.48 bits per heavy atom. The van der Waals surface area contributed by atoms with Crippen molar-refractivity contribution in [2.45, 2.75) is 20.8 Å². The number of methoxy groups -OCH3 is 1. The van der Waals surface area contributed by atoms with Crippen molar-refractivity contribution < 1.29 is 14.3 Å². The van der Waals surface area contributed by atoms with Crippen molar-refractivity contribution in [3.05, 3.63) is 71.3 Å². The van der Waals surface area contributed by atoms with Gasteiger partial charge in [-0.1, -0.05) is 50.2 Å². The third kappa shape index (κ3) is 5.23. The highest BCUT2D eigenvalue weighted by atomic mass is 16.5. The van der Waals surface area contributed by atoms with Crippen molar-refractivity contribution in [1.82, 2.24) is 0 Å². The van der Waals surface area contributed by atoms with Gasteiger partial charge in [-0.25, -0.2) is 0 Å². The molecule has 3 rings (SSSR count). The zero-order valence-electron chi connectivity index (χ0n) is 18.2. The molecule has 0 atom stereocenters. The summed E-state index contributed by atoms with van der Waals surface area (Å²) in [7, 11) is 1.54. The SMILES string of the molecule is COc1ccc(C)cc1NC(=O)/C(C#N)=C/c1ccc(OCC(C)C)c2ccccc12. The van der Waals surface area contributed by atoms with Crippen LogP contribution in [0.4, 0.5) is 5.69 Å². The van der Waals surface area contributed by atoms with Crippen LogP contribution < -0.4 is 14.8 Å². The van der Waals surface area contributed by atoms with E-state index >= 15 is 0 Å². The molecule has 0 aliphatic carbocycles. The maximum absolute atomic E-state index is 12.8. The predicted molar refractivity (Wildman–Crippen MR) is 124 cm³/mol. The molecule has 0 heterocycles. The zero-order chi connectivity index (χ0) is 22.4. The lowest BCUT2D eigenvalue weighted by atomic mass is 10.0. The van der Waals surface area contributed by atoms with Crippen LogP contribution in [-0.2, 0) is 4.79 Å². The van der Waals surface area contributed by atoms with Gasteiger partial charge in [-0.2, -0.15) is 5.26 Å². The zero-order valence-corrected chi connectivity index (χ0v) is 18.2. The van der Waals surface area contributed by atoms with E-state index < -0.39 is 5.91 Å². The summed E-state index contributed by atoms with van der Waals surface area (Å²) in [6, 6.07) is 19.1. The van der Waals surface area contributed by atoms with E-state index in [9.17, 15) is 10.1 Å². The number of nitriles is 1. The van der Waals surface area contributed by atoms with E-state index in [1.54, 1.807) is 12.1 Å². The van der Waals surface area contributed by atoms with E-state index in [4.69, 9.17) is 9.47 Å². The molecule has 0 unspecified atom stereocenters. The van der Waals surface area contributed by atoms with Gasteiger partial charge in [0.2, 0.25) is 0 Å². The Labute approximate surface area is 182 Å². The highest BCUT2D eigenvalue weighted by Crippen LogP contribution is 2.31. The summed E-state index contributed by atoms with van der Waals surface area (Å²) in [6.45, 7) is 6.73. The monoisotopic (exact) mass is 414 g/mol. The third-order valence-electron chi connectivity index (χ3n) is 4.76. The lowest BCUT2D eigenvalue weighted by Crippen LogP contribution is -2.14. The maximum Gasteiger partial charge on any atom is 0.266 e. The number of ether oxygens (including phenoxy) is 2. The first-order valence-corrected chi connectivity index (χ1v) is 10.1. The highest BCUT2D eigenvalue weighted by molar-refractivity contribution is 6.11. The molecular weight excluding hydrogens is 388 g/mol. The van der Waals surface area contributed by atoms with Gasteiger partial charge in [-0.3, -0.25) is 4.79 Å². The average molecular weight is 415 g/mol. The Morgan fingerprint density at radius 1 is 1.10 bits per heavy atom. The van der Waals surface area contributed by atoms with Crippen molar-refractivity contribution in [2.24, 2.45) is 5.92 Å². The number of anilines is 1. The van der Waals surface area contributed by atoms with Crippen LogP contribution in [0.2, 0.25) is 0 Å². The van der Waals surface area contributed by atoms with Crippen molar-refractivity contribution >= 4 is 28.4 Å². The molecule has 158 valence electrons. The van der Waals surface area contributed by atoms with E-state index in [-0.39, 0.29) is 5.57 Å². The maximum atomic E-state index is 12.8. The van der Waals surface area contributed by atoms with Crippen LogP contribution in [0.25, 0.3) is 16.8 Å². The van der Waals surface area contributed by atoms with E-state index in [1.165, 1.54) is 7.11 Å². The molecule has 0 saturated heterocycles. The van der Waals surface area contributed by atoms with Crippen LogP contribution in [-0.4, -0.2) is 19.6 Å². The predicted octanol–water partition coefficient (Wildman–Crippen LogP) is 5.74. The number of carbonyl (C=O) groups is 1. The molecule has 31 heavy (non-hydrogen) atoms.